The molecule has 0 aliphatic carbocycles. The Hall–Kier alpha value is -3.12. The largest absolute Gasteiger partial charge is 0.465 e. The molecule has 5 nitrogen and oxygen atoms in total. The number of benzene rings is 2. The predicted molar refractivity (Wildman–Crippen MR) is 104 cm³/mol. The average molecular weight is 409 g/mol. The van der Waals surface area contributed by atoms with Crippen molar-refractivity contribution in [3.8, 4) is 11.5 Å². The molecule has 0 unspecified atom stereocenters. The standard InChI is InChI=1S/C20H13BrN2O3/c21-16-6-2-1-5-15(16)20-23-17-12-13(7-9-18(17)26-20)22-19(24)10-8-14-4-3-11-25-14/h1-12H,(H,22,24). The minimum absolute atomic E-state index is 0.254. The number of fused-ring (bicyclic) bond motifs is 1. The van der Waals surface area contributed by atoms with E-state index in [2.05, 4.69) is 26.2 Å². The van der Waals surface area contributed by atoms with Crippen molar-refractivity contribution in [3.05, 3.63) is 77.2 Å². The molecule has 0 bridgehead atoms. The van der Waals surface area contributed by atoms with Gasteiger partial charge in [-0.05, 0) is 64.5 Å². The van der Waals surface area contributed by atoms with Gasteiger partial charge in [0, 0.05) is 16.2 Å². The summed E-state index contributed by atoms with van der Waals surface area (Å²) in [6.07, 6.45) is 4.58. The summed E-state index contributed by atoms with van der Waals surface area (Å²) >= 11 is 3.50. The Kier molecular flexibility index (Phi) is 4.41. The van der Waals surface area contributed by atoms with Crippen LogP contribution in [0.2, 0.25) is 0 Å². The first kappa shape index (κ1) is 16.4. The van der Waals surface area contributed by atoms with Crippen LogP contribution in [0, 0.1) is 0 Å². The number of nitrogens with zero attached hydrogens (tertiary/aromatic N) is 1. The molecule has 4 rings (SSSR count). The highest BCUT2D eigenvalue weighted by Gasteiger charge is 2.11. The molecular weight excluding hydrogens is 396 g/mol. The topological polar surface area (TPSA) is 68.3 Å². The molecule has 1 N–H and O–H groups in total. The number of aromatic nitrogens is 1. The summed E-state index contributed by atoms with van der Waals surface area (Å²) in [6, 6.07) is 16.6. The Morgan fingerprint density at radius 3 is 2.81 bits per heavy atom. The normalized spacial score (nSPS) is 11.3. The van der Waals surface area contributed by atoms with Gasteiger partial charge in [-0.15, -0.1) is 0 Å². The number of amides is 1. The number of halogens is 1. The van der Waals surface area contributed by atoms with Crippen LogP contribution in [-0.2, 0) is 4.79 Å². The fourth-order valence-electron chi connectivity index (χ4n) is 2.48. The van der Waals surface area contributed by atoms with E-state index in [4.69, 9.17) is 8.83 Å². The Bertz CT molecular complexity index is 1100. The van der Waals surface area contributed by atoms with Gasteiger partial charge in [-0.25, -0.2) is 4.98 Å². The van der Waals surface area contributed by atoms with Crippen LogP contribution in [0.3, 0.4) is 0 Å². The van der Waals surface area contributed by atoms with E-state index in [0.717, 1.165) is 10.0 Å². The van der Waals surface area contributed by atoms with Crippen LogP contribution in [-0.4, -0.2) is 10.9 Å². The second kappa shape index (κ2) is 7.01. The number of furan rings is 1. The van der Waals surface area contributed by atoms with Crippen LogP contribution >= 0.6 is 15.9 Å². The average Bonchev–Trinajstić information content (AvgIpc) is 3.29. The van der Waals surface area contributed by atoms with Crippen molar-refractivity contribution in [2.24, 2.45) is 0 Å². The zero-order valence-corrected chi connectivity index (χ0v) is 15.1. The maximum absolute atomic E-state index is 12.0. The molecule has 0 atom stereocenters. The van der Waals surface area contributed by atoms with Gasteiger partial charge in [0.05, 0.1) is 11.8 Å². The summed E-state index contributed by atoms with van der Waals surface area (Å²) in [7, 11) is 0. The van der Waals surface area contributed by atoms with Crippen molar-refractivity contribution in [1.82, 2.24) is 4.98 Å². The van der Waals surface area contributed by atoms with Crippen molar-refractivity contribution >= 4 is 44.7 Å². The Morgan fingerprint density at radius 1 is 1.12 bits per heavy atom. The zero-order valence-electron chi connectivity index (χ0n) is 13.5. The molecule has 2 heterocycles. The molecule has 128 valence electrons. The first-order valence-electron chi connectivity index (χ1n) is 7.87. The van der Waals surface area contributed by atoms with E-state index in [-0.39, 0.29) is 5.91 Å². The Labute approximate surface area is 157 Å². The van der Waals surface area contributed by atoms with Crippen LogP contribution in [0.1, 0.15) is 5.76 Å². The minimum atomic E-state index is -0.254. The van der Waals surface area contributed by atoms with E-state index >= 15 is 0 Å². The monoisotopic (exact) mass is 408 g/mol. The molecule has 0 saturated heterocycles. The highest BCUT2D eigenvalue weighted by atomic mass is 79.9. The SMILES string of the molecule is O=C(C=Cc1ccco1)Nc1ccc2oc(-c3ccccc3Br)nc2c1. The first-order valence-corrected chi connectivity index (χ1v) is 8.66. The summed E-state index contributed by atoms with van der Waals surface area (Å²) in [6.45, 7) is 0. The van der Waals surface area contributed by atoms with Gasteiger partial charge >= 0.3 is 0 Å². The van der Waals surface area contributed by atoms with Gasteiger partial charge in [0.25, 0.3) is 0 Å². The van der Waals surface area contributed by atoms with Crippen molar-refractivity contribution in [2.75, 3.05) is 5.32 Å². The van der Waals surface area contributed by atoms with Gasteiger partial charge in [-0.1, -0.05) is 12.1 Å². The lowest BCUT2D eigenvalue weighted by atomic mass is 10.2. The molecule has 0 fully saturated rings. The van der Waals surface area contributed by atoms with Gasteiger partial charge in [0.15, 0.2) is 5.58 Å². The number of oxazole rings is 1. The maximum atomic E-state index is 12.0. The molecular formula is C20H13BrN2O3. The summed E-state index contributed by atoms with van der Waals surface area (Å²) in [5.41, 5.74) is 2.83. The summed E-state index contributed by atoms with van der Waals surface area (Å²) < 4.78 is 11.9. The van der Waals surface area contributed by atoms with E-state index in [1.807, 2.05) is 24.3 Å². The number of hydrogen-bond acceptors (Lipinski definition) is 4. The van der Waals surface area contributed by atoms with Crippen LogP contribution in [0.4, 0.5) is 5.69 Å². The van der Waals surface area contributed by atoms with Gasteiger partial charge < -0.3 is 14.2 Å². The van der Waals surface area contributed by atoms with Crippen LogP contribution in [0.25, 0.3) is 28.6 Å². The molecule has 0 spiro atoms. The molecule has 0 radical (unpaired) electrons. The van der Waals surface area contributed by atoms with Crippen molar-refractivity contribution in [1.29, 1.82) is 0 Å². The van der Waals surface area contributed by atoms with Gasteiger partial charge in [-0.3, -0.25) is 4.79 Å². The predicted octanol–water partition coefficient (Wildman–Crippen LogP) is 5.50. The van der Waals surface area contributed by atoms with Crippen molar-refractivity contribution in [2.45, 2.75) is 0 Å². The van der Waals surface area contributed by atoms with E-state index < -0.39 is 0 Å². The molecule has 2 aromatic carbocycles. The molecule has 1 amide bonds. The van der Waals surface area contributed by atoms with Gasteiger partial charge in [-0.2, -0.15) is 0 Å². The number of carbonyl (C=O) groups is 1. The summed E-state index contributed by atoms with van der Waals surface area (Å²) in [5.74, 6) is 0.883. The fraction of sp³-hybridized carbons (Fsp3) is 0. The third-order valence-electron chi connectivity index (χ3n) is 3.70. The van der Waals surface area contributed by atoms with Gasteiger partial charge in [0.2, 0.25) is 11.8 Å². The molecule has 0 saturated carbocycles. The lowest BCUT2D eigenvalue weighted by molar-refractivity contribution is -0.111. The number of anilines is 1. The lowest BCUT2D eigenvalue weighted by Crippen LogP contribution is -2.07. The third-order valence-corrected chi connectivity index (χ3v) is 4.39. The van der Waals surface area contributed by atoms with Crippen LogP contribution in [0.15, 0.2) is 80.2 Å². The fourth-order valence-corrected chi connectivity index (χ4v) is 2.94. The number of nitrogens with one attached hydrogen (secondary N) is 1. The lowest BCUT2D eigenvalue weighted by Gasteiger charge is -2.00. The molecule has 0 aliphatic heterocycles. The van der Waals surface area contributed by atoms with E-state index in [1.165, 1.54) is 6.08 Å². The van der Waals surface area contributed by atoms with Crippen molar-refractivity contribution < 1.29 is 13.6 Å². The van der Waals surface area contributed by atoms with Crippen LogP contribution in [0.5, 0.6) is 0 Å². The summed E-state index contributed by atoms with van der Waals surface area (Å²) in [4.78, 5) is 16.5. The second-order valence-electron chi connectivity index (χ2n) is 5.52. The summed E-state index contributed by atoms with van der Waals surface area (Å²) in [5, 5.41) is 2.80. The molecule has 4 aromatic rings. The number of hydrogen-bond donors (Lipinski definition) is 1. The quantitative estimate of drug-likeness (QED) is 0.452. The highest BCUT2D eigenvalue weighted by Crippen LogP contribution is 2.30. The van der Waals surface area contributed by atoms with Crippen LogP contribution < -0.4 is 5.32 Å². The van der Waals surface area contributed by atoms with Gasteiger partial charge in [0.1, 0.15) is 11.3 Å². The van der Waals surface area contributed by atoms with E-state index in [1.54, 1.807) is 42.7 Å². The Morgan fingerprint density at radius 2 is 2.00 bits per heavy atom. The second-order valence-corrected chi connectivity index (χ2v) is 6.37. The maximum Gasteiger partial charge on any atom is 0.248 e. The zero-order chi connectivity index (χ0) is 17.9. The molecule has 2 aromatic heterocycles. The number of rotatable bonds is 4. The van der Waals surface area contributed by atoms with E-state index in [9.17, 15) is 4.79 Å². The number of carbonyl (C=O) groups excluding carboxylic acids is 1. The smallest absolute Gasteiger partial charge is 0.248 e. The molecule has 0 aliphatic rings. The molecule has 26 heavy (non-hydrogen) atoms. The Balaban J connectivity index is 1.56. The van der Waals surface area contributed by atoms with Crippen molar-refractivity contribution in [3.63, 3.8) is 0 Å². The first-order chi connectivity index (χ1) is 12.7. The highest BCUT2D eigenvalue weighted by molar-refractivity contribution is 9.10. The minimum Gasteiger partial charge on any atom is -0.465 e. The third kappa shape index (κ3) is 3.45. The molecule has 6 heteroatoms. The van der Waals surface area contributed by atoms with E-state index in [0.29, 0.717) is 28.4 Å².